The predicted molar refractivity (Wildman–Crippen MR) is 85.5 cm³/mol. The Hall–Kier alpha value is -1.62. The first-order valence-corrected chi connectivity index (χ1v) is 7.91. The molecule has 2 aromatic heterocycles. The van der Waals surface area contributed by atoms with Crippen molar-refractivity contribution in [3.63, 3.8) is 0 Å². The van der Waals surface area contributed by atoms with E-state index in [0.29, 0.717) is 11.6 Å². The Balaban J connectivity index is 2.28. The molecule has 0 aliphatic carbocycles. The number of thiazole rings is 1. The average Bonchev–Trinajstić information content (AvgIpc) is 2.85. The van der Waals surface area contributed by atoms with Crippen LogP contribution in [0.15, 0.2) is 28.5 Å². The number of pyridine rings is 1. The first kappa shape index (κ1) is 14.8. The molecule has 4 nitrogen and oxygen atoms in total. The minimum atomic E-state index is 0.0438. The molecule has 0 aromatic carbocycles. The normalized spacial score (nSPS) is 11.0. The summed E-state index contributed by atoms with van der Waals surface area (Å²) in [6.45, 7) is 7.03. The van der Waals surface area contributed by atoms with Crippen molar-refractivity contribution in [2.45, 2.75) is 46.2 Å². The van der Waals surface area contributed by atoms with E-state index in [2.05, 4.69) is 31.1 Å². The van der Waals surface area contributed by atoms with Crippen molar-refractivity contribution in [3.05, 3.63) is 34.1 Å². The number of unbranched alkanes of at least 4 members (excludes halogenated alkanes) is 1. The molecular formula is C15H21N3OS. The van der Waals surface area contributed by atoms with Gasteiger partial charge in [0, 0.05) is 24.2 Å². The van der Waals surface area contributed by atoms with Gasteiger partial charge in [-0.15, -0.1) is 11.3 Å². The van der Waals surface area contributed by atoms with Gasteiger partial charge in [0.05, 0.1) is 11.3 Å². The number of hydrogen-bond donors (Lipinski definition) is 1. The molecule has 0 atom stereocenters. The van der Waals surface area contributed by atoms with Crippen LogP contribution in [0.25, 0.3) is 11.3 Å². The topological polar surface area (TPSA) is 46.9 Å². The van der Waals surface area contributed by atoms with E-state index < -0.39 is 0 Å². The number of nitrogens with zero attached hydrogens (tertiary/aromatic N) is 2. The Bertz CT molecular complexity index is 616. The maximum Gasteiger partial charge on any atom is 0.260 e. The van der Waals surface area contributed by atoms with Crippen LogP contribution >= 0.6 is 11.3 Å². The summed E-state index contributed by atoms with van der Waals surface area (Å²) in [5.74, 6) is 0. The van der Waals surface area contributed by atoms with Crippen LogP contribution in [0.4, 0.5) is 5.13 Å². The van der Waals surface area contributed by atoms with Gasteiger partial charge >= 0.3 is 0 Å². The second-order valence-electron chi connectivity index (χ2n) is 5.11. The zero-order valence-corrected chi connectivity index (χ0v) is 13.0. The van der Waals surface area contributed by atoms with Gasteiger partial charge in [-0.05, 0) is 32.4 Å². The van der Waals surface area contributed by atoms with Crippen LogP contribution in [0, 0.1) is 0 Å². The van der Waals surface area contributed by atoms with Gasteiger partial charge in [0.15, 0.2) is 5.13 Å². The molecular weight excluding hydrogens is 270 g/mol. The summed E-state index contributed by atoms with van der Waals surface area (Å²) < 4.78 is 1.77. The van der Waals surface area contributed by atoms with Gasteiger partial charge in [0.1, 0.15) is 0 Å². The lowest BCUT2D eigenvalue weighted by molar-refractivity contribution is 0.614. The van der Waals surface area contributed by atoms with Crippen LogP contribution in [-0.2, 0) is 6.54 Å². The molecule has 0 spiro atoms. The number of aromatic nitrogens is 2. The van der Waals surface area contributed by atoms with Crippen LogP contribution in [-0.4, -0.2) is 15.6 Å². The fourth-order valence-corrected chi connectivity index (χ4v) is 2.80. The Kier molecular flexibility index (Phi) is 4.95. The summed E-state index contributed by atoms with van der Waals surface area (Å²) in [5.41, 5.74) is 1.48. The van der Waals surface area contributed by atoms with E-state index in [4.69, 9.17) is 0 Å². The maximum absolute atomic E-state index is 12.4. The Morgan fingerprint density at radius 1 is 1.45 bits per heavy atom. The second kappa shape index (κ2) is 6.70. The largest absolute Gasteiger partial charge is 0.359 e. The Morgan fingerprint density at radius 3 is 2.95 bits per heavy atom. The van der Waals surface area contributed by atoms with Crippen molar-refractivity contribution in [1.29, 1.82) is 0 Å². The van der Waals surface area contributed by atoms with E-state index in [9.17, 15) is 4.79 Å². The number of anilines is 1. The third-order valence-electron chi connectivity index (χ3n) is 2.97. The number of nitrogens with one attached hydrogen (secondary N) is 1. The summed E-state index contributed by atoms with van der Waals surface area (Å²) in [6, 6.07) is 4.10. The highest BCUT2D eigenvalue weighted by Gasteiger charge is 2.10. The van der Waals surface area contributed by atoms with Gasteiger partial charge in [-0.3, -0.25) is 4.79 Å². The molecule has 2 rings (SSSR count). The fourth-order valence-electron chi connectivity index (χ4n) is 1.95. The van der Waals surface area contributed by atoms with Gasteiger partial charge in [-0.1, -0.05) is 13.3 Å². The first-order valence-electron chi connectivity index (χ1n) is 7.03. The highest BCUT2D eigenvalue weighted by molar-refractivity contribution is 7.14. The van der Waals surface area contributed by atoms with Crippen molar-refractivity contribution in [1.82, 2.24) is 9.55 Å². The van der Waals surface area contributed by atoms with Crippen molar-refractivity contribution >= 4 is 16.5 Å². The van der Waals surface area contributed by atoms with Crippen LogP contribution in [0.5, 0.6) is 0 Å². The predicted octanol–water partition coefficient (Wildman–Crippen LogP) is 3.59. The molecule has 0 aliphatic heterocycles. The van der Waals surface area contributed by atoms with E-state index in [1.807, 2.05) is 23.7 Å². The summed E-state index contributed by atoms with van der Waals surface area (Å²) in [4.78, 5) is 16.9. The monoisotopic (exact) mass is 291 g/mol. The van der Waals surface area contributed by atoms with Gasteiger partial charge in [-0.25, -0.2) is 4.98 Å². The van der Waals surface area contributed by atoms with Gasteiger partial charge < -0.3 is 9.88 Å². The molecule has 0 radical (unpaired) electrons. The smallest absolute Gasteiger partial charge is 0.260 e. The minimum Gasteiger partial charge on any atom is -0.359 e. The molecule has 0 saturated heterocycles. The highest BCUT2D eigenvalue weighted by atomic mass is 32.1. The quantitative estimate of drug-likeness (QED) is 0.884. The molecule has 2 aromatic rings. The third-order valence-corrected chi connectivity index (χ3v) is 3.74. The van der Waals surface area contributed by atoms with E-state index in [1.54, 1.807) is 4.57 Å². The average molecular weight is 291 g/mol. The van der Waals surface area contributed by atoms with E-state index in [0.717, 1.165) is 30.2 Å². The summed E-state index contributed by atoms with van der Waals surface area (Å²) in [6.07, 6.45) is 3.94. The summed E-state index contributed by atoms with van der Waals surface area (Å²) >= 11 is 1.53. The van der Waals surface area contributed by atoms with Crippen LogP contribution in [0.3, 0.4) is 0 Å². The first-order chi connectivity index (χ1) is 9.61. The molecule has 0 fully saturated rings. The van der Waals surface area contributed by atoms with Crippen molar-refractivity contribution < 1.29 is 0 Å². The SMILES string of the molecule is CCCCn1cccc(-c2csc(NC(C)C)n2)c1=O. The molecule has 5 heteroatoms. The third kappa shape index (κ3) is 3.48. The standard InChI is InChI=1S/C15H21N3OS/c1-4-5-8-18-9-6-7-12(14(18)19)13-10-20-15(17-13)16-11(2)3/h6-7,9-11H,4-5,8H2,1-3H3,(H,16,17). The molecule has 0 aliphatic rings. The summed E-state index contributed by atoms with van der Waals surface area (Å²) in [7, 11) is 0. The van der Waals surface area contributed by atoms with Crippen molar-refractivity contribution in [2.24, 2.45) is 0 Å². The minimum absolute atomic E-state index is 0.0438. The van der Waals surface area contributed by atoms with E-state index in [-0.39, 0.29) is 5.56 Å². The zero-order chi connectivity index (χ0) is 14.5. The van der Waals surface area contributed by atoms with E-state index >= 15 is 0 Å². The molecule has 20 heavy (non-hydrogen) atoms. The van der Waals surface area contributed by atoms with Crippen LogP contribution < -0.4 is 10.9 Å². The molecule has 0 amide bonds. The van der Waals surface area contributed by atoms with Crippen molar-refractivity contribution in [2.75, 3.05) is 5.32 Å². The van der Waals surface area contributed by atoms with Gasteiger partial charge in [0.2, 0.25) is 0 Å². The Morgan fingerprint density at radius 2 is 2.25 bits per heavy atom. The molecule has 0 saturated carbocycles. The van der Waals surface area contributed by atoms with Crippen LogP contribution in [0.1, 0.15) is 33.6 Å². The lowest BCUT2D eigenvalue weighted by Gasteiger charge is -2.06. The molecule has 108 valence electrons. The van der Waals surface area contributed by atoms with Crippen LogP contribution in [0.2, 0.25) is 0 Å². The number of hydrogen-bond acceptors (Lipinski definition) is 4. The molecule has 1 N–H and O–H groups in total. The lowest BCUT2D eigenvalue weighted by Crippen LogP contribution is -2.21. The number of aryl methyl sites for hydroxylation is 1. The maximum atomic E-state index is 12.4. The molecule has 0 bridgehead atoms. The number of rotatable bonds is 6. The second-order valence-corrected chi connectivity index (χ2v) is 5.97. The van der Waals surface area contributed by atoms with Gasteiger partial charge in [-0.2, -0.15) is 0 Å². The van der Waals surface area contributed by atoms with Gasteiger partial charge in [0.25, 0.3) is 5.56 Å². The van der Waals surface area contributed by atoms with Crippen molar-refractivity contribution in [3.8, 4) is 11.3 Å². The molecule has 2 heterocycles. The van der Waals surface area contributed by atoms with E-state index in [1.165, 1.54) is 11.3 Å². The fraction of sp³-hybridized carbons (Fsp3) is 0.467. The zero-order valence-electron chi connectivity index (χ0n) is 12.2. The highest BCUT2D eigenvalue weighted by Crippen LogP contribution is 2.23. The molecule has 0 unspecified atom stereocenters. The lowest BCUT2D eigenvalue weighted by atomic mass is 10.2. The Labute approximate surface area is 123 Å². The summed E-state index contributed by atoms with van der Waals surface area (Å²) in [5, 5.41) is 6.06.